The van der Waals surface area contributed by atoms with Gasteiger partial charge in [0.15, 0.2) is 0 Å². The van der Waals surface area contributed by atoms with E-state index < -0.39 is 17.2 Å². The van der Waals surface area contributed by atoms with Gasteiger partial charge in [0.05, 0.1) is 5.70 Å². The van der Waals surface area contributed by atoms with Crippen LogP contribution in [-0.2, 0) is 4.79 Å². The highest BCUT2D eigenvalue weighted by Crippen LogP contribution is 2.30. The van der Waals surface area contributed by atoms with Crippen LogP contribution in [0.2, 0.25) is 0 Å². The predicted octanol–water partition coefficient (Wildman–Crippen LogP) is 1.97. The van der Waals surface area contributed by atoms with E-state index in [-0.39, 0.29) is 17.4 Å². The lowest BCUT2D eigenvalue weighted by atomic mass is 9.91. The molecule has 1 saturated heterocycles. The van der Waals surface area contributed by atoms with E-state index in [9.17, 15) is 13.6 Å². The topological polar surface area (TPSA) is 47.6 Å². The highest BCUT2D eigenvalue weighted by molar-refractivity contribution is 5.93. The molecule has 2 aliphatic heterocycles. The van der Waals surface area contributed by atoms with Crippen LogP contribution in [0.5, 0.6) is 0 Å². The van der Waals surface area contributed by atoms with Gasteiger partial charge in [-0.15, -0.1) is 0 Å². The molecule has 1 aromatic carbocycles. The molecular weight excluding hydrogens is 338 g/mol. The largest absolute Gasteiger partial charge is 0.314 e. The minimum atomic E-state index is -0.877. The minimum absolute atomic E-state index is 0.0561. The number of hydrazine groups is 1. The Balaban J connectivity index is 2.03. The maximum Gasteiger partial charge on any atom is 0.265 e. The number of hydrogen-bond donors (Lipinski definition) is 2. The van der Waals surface area contributed by atoms with Crippen LogP contribution in [0, 0.1) is 17.6 Å². The van der Waals surface area contributed by atoms with E-state index in [1.54, 1.807) is 11.1 Å². The molecule has 2 heterocycles. The summed E-state index contributed by atoms with van der Waals surface area (Å²) in [5.41, 5.74) is 2.92. The van der Waals surface area contributed by atoms with Gasteiger partial charge in [-0.25, -0.2) is 8.78 Å². The molecule has 5 nitrogen and oxygen atoms in total. The lowest BCUT2D eigenvalue weighted by Gasteiger charge is -2.46. The first-order chi connectivity index (χ1) is 12.3. The van der Waals surface area contributed by atoms with Crippen LogP contribution < -0.4 is 10.7 Å². The van der Waals surface area contributed by atoms with Crippen LogP contribution in [0.15, 0.2) is 24.3 Å². The Labute approximate surface area is 153 Å². The lowest BCUT2D eigenvalue weighted by molar-refractivity contribution is -0.145. The summed E-state index contributed by atoms with van der Waals surface area (Å²) in [6.45, 7) is 9.47. The summed E-state index contributed by atoms with van der Waals surface area (Å²) in [7, 11) is 0. The molecule has 0 spiro atoms. The highest BCUT2D eigenvalue weighted by Gasteiger charge is 2.44. The fourth-order valence-corrected chi connectivity index (χ4v) is 3.54. The Morgan fingerprint density at radius 3 is 2.54 bits per heavy atom. The summed E-state index contributed by atoms with van der Waals surface area (Å²) in [6.07, 6.45) is 1.77. The van der Waals surface area contributed by atoms with Gasteiger partial charge >= 0.3 is 0 Å². The molecule has 0 bridgehead atoms. The SMILES string of the molecule is CC(C)CN1NC(c2ccc(F)cc2F)=CC(C)(N2CCNCC2)C1=O. The van der Waals surface area contributed by atoms with Crippen molar-refractivity contribution < 1.29 is 13.6 Å². The number of nitrogens with zero attached hydrogens (tertiary/aromatic N) is 2. The van der Waals surface area contributed by atoms with Crippen LogP contribution in [-0.4, -0.2) is 54.1 Å². The molecule has 1 amide bonds. The lowest BCUT2D eigenvalue weighted by Crippen LogP contribution is -2.65. The third-order valence-corrected chi connectivity index (χ3v) is 4.90. The normalized spacial score (nSPS) is 24.6. The molecule has 2 N–H and O–H groups in total. The smallest absolute Gasteiger partial charge is 0.265 e. The summed E-state index contributed by atoms with van der Waals surface area (Å²) >= 11 is 0. The second-order valence-corrected chi connectivity index (χ2v) is 7.49. The van der Waals surface area contributed by atoms with E-state index in [0.717, 1.165) is 32.2 Å². The molecule has 0 aromatic heterocycles. The third kappa shape index (κ3) is 3.59. The number of halogens is 2. The fourth-order valence-electron chi connectivity index (χ4n) is 3.54. The number of carbonyl (C=O) groups excluding carboxylic acids is 1. The Kier molecular flexibility index (Phi) is 5.29. The summed E-state index contributed by atoms with van der Waals surface area (Å²) in [5, 5.41) is 4.84. The molecule has 1 atom stereocenters. The first-order valence-corrected chi connectivity index (χ1v) is 9.04. The van der Waals surface area contributed by atoms with E-state index in [4.69, 9.17) is 0 Å². The summed E-state index contributed by atoms with van der Waals surface area (Å²) in [5.74, 6) is -1.08. The Morgan fingerprint density at radius 1 is 1.23 bits per heavy atom. The first kappa shape index (κ1) is 18.8. The number of hydrogen-bond acceptors (Lipinski definition) is 4. The minimum Gasteiger partial charge on any atom is -0.314 e. The fraction of sp³-hybridized carbons (Fsp3) is 0.526. The average molecular weight is 364 g/mol. The summed E-state index contributed by atoms with van der Waals surface area (Å²) < 4.78 is 27.7. The molecule has 1 unspecified atom stereocenters. The summed E-state index contributed by atoms with van der Waals surface area (Å²) in [6, 6.07) is 3.50. The molecule has 1 fully saturated rings. The zero-order chi connectivity index (χ0) is 18.9. The number of rotatable bonds is 4. The number of piperazine rings is 1. The standard InChI is InChI=1S/C19H26F2N4O/c1-13(2)12-25-18(26)19(3,24-8-6-22-7-9-24)11-17(23-25)15-5-4-14(20)10-16(15)21/h4-5,10-11,13,22-23H,6-9,12H2,1-3H3. The molecule has 2 aliphatic rings. The molecule has 0 radical (unpaired) electrons. The number of amides is 1. The van der Waals surface area contributed by atoms with Crippen molar-refractivity contribution in [2.75, 3.05) is 32.7 Å². The average Bonchev–Trinajstić information content (AvgIpc) is 2.59. The first-order valence-electron chi connectivity index (χ1n) is 9.04. The van der Waals surface area contributed by atoms with Crippen molar-refractivity contribution >= 4 is 11.6 Å². The van der Waals surface area contributed by atoms with Crippen LogP contribution in [0.25, 0.3) is 5.70 Å². The quantitative estimate of drug-likeness (QED) is 0.858. The number of nitrogens with one attached hydrogen (secondary N) is 2. The van der Waals surface area contributed by atoms with Crippen molar-refractivity contribution in [3.8, 4) is 0 Å². The van der Waals surface area contributed by atoms with Gasteiger partial charge < -0.3 is 5.32 Å². The second-order valence-electron chi connectivity index (χ2n) is 7.49. The van der Waals surface area contributed by atoms with Gasteiger partial charge in [-0.2, -0.15) is 0 Å². The van der Waals surface area contributed by atoms with Crippen LogP contribution in [0.1, 0.15) is 26.3 Å². The zero-order valence-electron chi connectivity index (χ0n) is 15.5. The Bertz CT molecular complexity index is 715. The molecule has 0 aliphatic carbocycles. The van der Waals surface area contributed by atoms with Crippen molar-refractivity contribution in [3.05, 3.63) is 41.5 Å². The molecular formula is C19H26F2N4O. The van der Waals surface area contributed by atoms with Gasteiger partial charge in [0, 0.05) is 44.4 Å². The van der Waals surface area contributed by atoms with Gasteiger partial charge in [0.2, 0.25) is 0 Å². The van der Waals surface area contributed by atoms with Gasteiger partial charge in [0.1, 0.15) is 17.2 Å². The van der Waals surface area contributed by atoms with Gasteiger partial charge in [-0.3, -0.25) is 20.1 Å². The van der Waals surface area contributed by atoms with Crippen molar-refractivity contribution in [1.29, 1.82) is 0 Å². The molecule has 3 rings (SSSR count). The molecule has 0 saturated carbocycles. The second kappa shape index (κ2) is 7.32. The van der Waals surface area contributed by atoms with Gasteiger partial charge in [0.25, 0.3) is 5.91 Å². The van der Waals surface area contributed by atoms with Crippen molar-refractivity contribution in [2.45, 2.75) is 26.3 Å². The van der Waals surface area contributed by atoms with Crippen LogP contribution in [0.3, 0.4) is 0 Å². The predicted molar refractivity (Wildman–Crippen MR) is 96.9 cm³/mol. The summed E-state index contributed by atoms with van der Waals surface area (Å²) in [4.78, 5) is 15.3. The monoisotopic (exact) mass is 364 g/mol. The molecule has 26 heavy (non-hydrogen) atoms. The Morgan fingerprint density at radius 2 is 1.92 bits per heavy atom. The van der Waals surface area contributed by atoms with E-state index >= 15 is 0 Å². The van der Waals surface area contributed by atoms with Crippen molar-refractivity contribution in [3.63, 3.8) is 0 Å². The molecule has 7 heteroatoms. The number of benzene rings is 1. The van der Waals surface area contributed by atoms with Gasteiger partial charge in [-0.05, 0) is 31.1 Å². The molecule has 1 aromatic rings. The Hall–Kier alpha value is -1.99. The number of carbonyl (C=O) groups is 1. The van der Waals surface area contributed by atoms with Crippen molar-refractivity contribution in [1.82, 2.24) is 20.7 Å². The van der Waals surface area contributed by atoms with E-state index in [1.807, 2.05) is 20.8 Å². The highest BCUT2D eigenvalue weighted by atomic mass is 19.1. The maximum absolute atomic E-state index is 14.4. The van der Waals surface area contributed by atoms with Crippen LogP contribution in [0.4, 0.5) is 8.78 Å². The van der Waals surface area contributed by atoms with Crippen molar-refractivity contribution in [2.24, 2.45) is 5.92 Å². The zero-order valence-corrected chi connectivity index (χ0v) is 15.5. The van der Waals surface area contributed by atoms with E-state index in [2.05, 4.69) is 15.6 Å². The molecule has 142 valence electrons. The maximum atomic E-state index is 14.4. The van der Waals surface area contributed by atoms with Gasteiger partial charge in [-0.1, -0.05) is 13.8 Å². The third-order valence-electron chi connectivity index (χ3n) is 4.90. The van der Waals surface area contributed by atoms with E-state index in [0.29, 0.717) is 12.2 Å². The van der Waals surface area contributed by atoms with Crippen LogP contribution >= 0.6 is 0 Å². The van der Waals surface area contributed by atoms with E-state index in [1.165, 1.54) is 12.1 Å².